The highest BCUT2D eigenvalue weighted by atomic mass is 16.5. The summed E-state index contributed by atoms with van der Waals surface area (Å²) in [6, 6.07) is 23.8. The van der Waals surface area contributed by atoms with Crippen LogP contribution in [0.4, 0.5) is 11.4 Å². The molecule has 0 aromatic heterocycles. The van der Waals surface area contributed by atoms with Crippen molar-refractivity contribution >= 4 is 34.8 Å². The van der Waals surface area contributed by atoms with Crippen LogP contribution in [0.2, 0.25) is 0 Å². The second-order valence-corrected chi connectivity index (χ2v) is 7.11. The molecule has 33 heavy (non-hydrogen) atoms. The Kier molecular flexibility index (Phi) is 7.91. The number of carbonyl (C=O) groups excluding carboxylic acids is 3. The van der Waals surface area contributed by atoms with Gasteiger partial charge in [-0.3, -0.25) is 14.4 Å². The van der Waals surface area contributed by atoms with E-state index in [9.17, 15) is 14.4 Å². The van der Waals surface area contributed by atoms with Crippen molar-refractivity contribution in [3.8, 4) is 16.9 Å². The molecule has 0 aliphatic carbocycles. The lowest BCUT2D eigenvalue weighted by atomic mass is 10.0. The van der Waals surface area contributed by atoms with Gasteiger partial charge < -0.3 is 15.4 Å². The summed E-state index contributed by atoms with van der Waals surface area (Å²) in [5.74, 6) is -1.59. The predicted molar refractivity (Wildman–Crippen MR) is 128 cm³/mol. The van der Waals surface area contributed by atoms with Crippen molar-refractivity contribution < 1.29 is 19.1 Å². The van der Waals surface area contributed by atoms with Crippen LogP contribution in [-0.2, 0) is 14.4 Å². The minimum atomic E-state index is -0.952. The predicted octanol–water partition coefficient (Wildman–Crippen LogP) is 3.82. The molecule has 3 amide bonds. The van der Waals surface area contributed by atoms with E-state index in [1.807, 2.05) is 54.6 Å². The third kappa shape index (κ3) is 6.76. The van der Waals surface area contributed by atoms with Gasteiger partial charge in [-0.15, -0.1) is 0 Å². The summed E-state index contributed by atoms with van der Waals surface area (Å²) in [4.78, 5) is 36.6. The van der Waals surface area contributed by atoms with E-state index in [1.165, 1.54) is 7.11 Å². The van der Waals surface area contributed by atoms with Crippen LogP contribution in [0, 0.1) is 0 Å². The lowest BCUT2D eigenvalue weighted by Crippen LogP contribution is -2.33. The lowest BCUT2D eigenvalue weighted by molar-refractivity contribution is -0.136. The standard InChI is InChI=1S/C25H24N4O4/c1-17(28-29-25(32)24(31)26-19-11-8-12-20(16-19)33-2)15-23(30)27-22-14-7-6-13-21(22)18-9-4-3-5-10-18/h3-14,16H,15H2,1-2H3,(H,26,31)(H,27,30)(H,29,32)/b28-17-. The molecule has 0 unspecified atom stereocenters. The normalized spacial score (nSPS) is 10.8. The molecule has 0 atom stereocenters. The van der Waals surface area contributed by atoms with E-state index >= 15 is 0 Å². The molecule has 8 nitrogen and oxygen atoms in total. The topological polar surface area (TPSA) is 109 Å². The van der Waals surface area contributed by atoms with Crippen LogP contribution in [0.3, 0.4) is 0 Å². The largest absolute Gasteiger partial charge is 0.497 e. The summed E-state index contributed by atoms with van der Waals surface area (Å²) in [5, 5.41) is 9.18. The van der Waals surface area contributed by atoms with Crippen molar-refractivity contribution in [3.05, 3.63) is 78.9 Å². The summed E-state index contributed by atoms with van der Waals surface area (Å²) in [6.45, 7) is 1.59. The van der Waals surface area contributed by atoms with Crippen LogP contribution >= 0.6 is 0 Å². The van der Waals surface area contributed by atoms with Crippen molar-refractivity contribution in [3.63, 3.8) is 0 Å². The van der Waals surface area contributed by atoms with Gasteiger partial charge in [0.2, 0.25) is 5.91 Å². The van der Waals surface area contributed by atoms with Crippen molar-refractivity contribution in [2.45, 2.75) is 13.3 Å². The van der Waals surface area contributed by atoms with E-state index in [0.29, 0.717) is 22.8 Å². The van der Waals surface area contributed by atoms with Gasteiger partial charge in [-0.05, 0) is 30.7 Å². The number of hydrazone groups is 1. The van der Waals surface area contributed by atoms with Crippen LogP contribution < -0.4 is 20.8 Å². The summed E-state index contributed by atoms with van der Waals surface area (Å²) in [5.41, 5.74) is 5.45. The fraction of sp³-hybridized carbons (Fsp3) is 0.120. The first kappa shape index (κ1) is 23.2. The van der Waals surface area contributed by atoms with E-state index < -0.39 is 11.8 Å². The van der Waals surface area contributed by atoms with Crippen LogP contribution in [-0.4, -0.2) is 30.5 Å². The Morgan fingerprint density at radius 3 is 2.33 bits per heavy atom. The fourth-order valence-electron chi connectivity index (χ4n) is 3.01. The fourth-order valence-corrected chi connectivity index (χ4v) is 3.01. The Labute approximate surface area is 191 Å². The minimum absolute atomic E-state index is 0.0547. The highest BCUT2D eigenvalue weighted by Gasteiger charge is 2.14. The number of hydrogen-bond donors (Lipinski definition) is 3. The Hall–Kier alpha value is -4.46. The number of hydrogen-bond acceptors (Lipinski definition) is 5. The number of nitrogens with one attached hydrogen (secondary N) is 3. The van der Waals surface area contributed by atoms with Crippen LogP contribution in [0.1, 0.15) is 13.3 Å². The van der Waals surface area contributed by atoms with Crippen molar-refractivity contribution in [2.75, 3.05) is 17.7 Å². The Balaban J connectivity index is 1.55. The molecule has 0 bridgehead atoms. The highest BCUT2D eigenvalue weighted by molar-refractivity contribution is 6.39. The van der Waals surface area contributed by atoms with E-state index in [-0.39, 0.29) is 12.3 Å². The molecule has 0 saturated heterocycles. The maximum absolute atomic E-state index is 12.5. The third-order valence-electron chi connectivity index (χ3n) is 4.58. The first-order valence-electron chi connectivity index (χ1n) is 10.2. The number of methoxy groups -OCH3 is 1. The SMILES string of the molecule is COc1cccc(NC(=O)C(=O)N/N=C(/C)CC(=O)Nc2ccccc2-c2ccccc2)c1. The quantitative estimate of drug-likeness (QED) is 0.292. The molecule has 8 heteroatoms. The summed E-state index contributed by atoms with van der Waals surface area (Å²) >= 11 is 0. The number of rotatable bonds is 7. The molecule has 0 heterocycles. The first-order chi connectivity index (χ1) is 16.0. The van der Waals surface area contributed by atoms with Crippen LogP contribution in [0.15, 0.2) is 84.0 Å². The van der Waals surface area contributed by atoms with E-state index in [1.54, 1.807) is 31.2 Å². The monoisotopic (exact) mass is 444 g/mol. The summed E-state index contributed by atoms with van der Waals surface area (Å²) in [7, 11) is 1.50. The first-order valence-corrected chi connectivity index (χ1v) is 10.2. The molecule has 0 fully saturated rings. The zero-order chi connectivity index (χ0) is 23.6. The van der Waals surface area contributed by atoms with E-state index in [4.69, 9.17) is 4.74 Å². The summed E-state index contributed by atoms with van der Waals surface area (Å²) in [6.07, 6.45) is -0.0547. The van der Waals surface area contributed by atoms with Gasteiger partial charge in [0.15, 0.2) is 0 Å². The number of carbonyl (C=O) groups is 3. The van der Waals surface area contributed by atoms with Gasteiger partial charge in [0.25, 0.3) is 0 Å². The zero-order valence-corrected chi connectivity index (χ0v) is 18.3. The van der Waals surface area contributed by atoms with Gasteiger partial charge in [0, 0.05) is 28.7 Å². The van der Waals surface area contributed by atoms with Crippen LogP contribution in [0.5, 0.6) is 5.75 Å². The Bertz CT molecular complexity index is 1180. The molecule has 3 rings (SSSR count). The van der Waals surface area contributed by atoms with Gasteiger partial charge in [-0.1, -0.05) is 54.6 Å². The smallest absolute Gasteiger partial charge is 0.329 e. The second kappa shape index (κ2) is 11.2. The molecule has 3 aromatic rings. The molecule has 3 aromatic carbocycles. The molecule has 0 spiro atoms. The average molecular weight is 444 g/mol. The highest BCUT2D eigenvalue weighted by Crippen LogP contribution is 2.27. The van der Waals surface area contributed by atoms with Gasteiger partial charge in [0.1, 0.15) is 5.75 Å². The number of benzene rings is 3. The average Bonchev–Trinajstić information content (AvgIpc) is 2.83. The number of para-hydroxylation sites is 1. The molecule has 0 radical (unpaired) electrons. The molecular formula is C25H24N4O4. The van der Waals surface area contributed by atoms with Gasteiger partial charge in [0.05, 0.1) is 13.5 Å². The maximum Gasteiger partial charge on any atom is 0.329 e. The van der Waals surface area contributed by atoms with E-state index in [2.05, 4.69) is 21.2 Å². The van der Waals surface area contributed by atoms with Crippen molar-refractivity contribution in [1.82, 2.24) is 5.43 Å². The van der Waals surface area contributed by atoms with Crippen molar-refractivity contribution in [1.29, 1.82) is 0 Å². The van der Waals surface area contributed by atoms with Gasteiger partial charge >= 0.3 is 11.8 Å². The molecule has 168 valence electrons. The molecule has 0 saturated carbocycles. The minimum Gasteiger partial charge on any atom is -0.497 e. The number of amides is 3. The van der Waals surface area contributed by atoms with Gasteiger partial charge in [-0.25, -0.2) is 5.43 Å². The molecule has 0 aliphatic rings. The number of anilines is 2. The van der Waals surface area contributed by atoms with E-state index in [0.717, 1.165) is 11.1 Å². The molecule has 3 N–H and O–H groups in total. The molecule has 0 aliphatic heterocycles. The van der Waals surface area contributed by atoms with Gasteiger partial charge in [-0.2, -0.15) is 5.10 Å². The van der Waals surface area contributed by atoms with Crippen molar-refractivity contribution in [2.24, 2.45) is 5.10 Å². The van der Waals surface area contributed by atoms with Crippen LogP contribution in [0.25, 0.3) is 11.1 Å². The molecular weight excluding hydrogens is 420 g/mol. The summed E-state index contributed by atoms with van der Waals surface area (Å²) < 4.78 is 5.08. The Morgan fingerprint density at radius 1 is 0.848 bits per heavy atom. The third-order valence-corrected chi connectivity index (χ3v) is 4.58. The second-order valence-electron chi connectivity index (χ2n) is 7.11. The maximum atomic E-state index is 12.5. The number of ether oxygens (including phenoxy) is 1. The zero-order valence-electron chi connectivity index (χ0n) is 18.3. The number of nitrogens with zero attached hydrogens (tertiary/aromatic N) is 1. The Morgan fingerprint density at radius 2 is 1.58 bits per heavy atom. The lowest BCUT2D eigenvalue weighted by Gasteiger charge is -2.11.